The number of hydrogen-bond donors (Lipinski definition) is 1. The second-order valence-electron chi connectivity index (χ2n) is 3.89. The highest BCUT2D eigenvalue weighted by Gasteiger charge is 2.42. The molecule has 0 amide bonds. The minimum atomic E-state index is 0.406. The summed E-state index contributed by atoms with van der Waals surface area (Å²) in [5.41, 5.74) is 1.47. The Hall–Kier alpha value is -0.150. The van der Waals surface area contributed by atoms with E-state index >= 15 is 0 Å². The lowest BCUT2D eigenvalue weighted by Crippen LogP contribution is -2.15. The van der Waals surface area contributed by atoms with Crippen LogP contribution in [-0.2, 0) is 6.54 Å². The van der Waals surface area contributed by atoms with Gasteiger partial charge in [0, 0.05) is 6.54 Å². The van der Waals surface area contributed by atoms with Crippen LogP contribution in [0.25, 0.3) is 0 Å². The lowest BCUT2D eigenvalue weighted by molar-refractivity contribution is 0.433. The van der Waals surface area contributed by atoms with Gasteiger partial charge in [-0.1, -0.05) is 11.6 Å². The van der Waals surface area contributed by atoms with Crippen molar-refractivity contribution >= 4 is 24.2 Å². The Kier molecular flexibility index (Phi) is 2.32. The lowest BCUT2D eigenvalue weighted by atomic mass is 10.1. The first kappa shape index (κ1) is 9.41. The predicted octanol–water partition coefficient (Wildman–Crippen LogP) is 2.55. The van der Waals surface area contributed by atoms with Gasteiger partial charge in [-0.05, 0) is 30.9 Å². The van der Waals surface area contributed by atoms with Gasteiger partial charge in [-0.15, -0.1) is 0 Å². The monoisotopic (exact) mass is 216 g/mol. The van der Waals surface area contributed by atoms with Crippen molar-refractivity contribution in [2.45, 2.75) is 26.3 Å². The molecule has 1 saturated carbocycles. The highest BCUT2D eigenvalue weighted by atomic mass is 35.5. The zero-order chi connectivity index (χ0) is 9.47. The van der Waals surface area contributed by atoms with Gasteiger partial charge in [0.2, 0.25) is 0 Å². The molecule has 1 fully saturated rings. The van der Waals surface area contributed by atoms with E-state index in [4.69, 9.17) is 11.6 Å². The maximum absolute atomic E-state index is 5.92. The molecule has 0 unspecified atom stereocenters. The Labute approximate surface area is 88.7 Å². The topological polar surface area (TPSA) is 17.8 Å². The fraction of sp³-hybridized carbons (Fsp3) is 0.667. The van der Waals surface area contributed by atoms with Crippen molar-refractivity contribution in [1.29, 1.82) is 0 Å². The van der Waals surface area contributed by atoms with Crippen molar-refractivity contribution < 1.29 is 0 Å². The zero-order valence-corrected chi connectivity index (χ0v) is 9.28. The third-order valence-corrected chi connectivity index (χ3v) is 3.86. The molecule has 0 atom stereocenters. The van der Waals surface area contributed by atoms with E-state index in [0.29, 0.717) is 5.41 Å². The molecule has 4 heteroatoms. The Morgan fingerprint density at radius 3 is 2.77 bits per heavy atom. The van der Waals surface area contributed by atoms with Gasteiger partial charge in [0.1, 0.15) is 0 Å². The van der Waals surface area contributed by atoms with Gasteiger partial charge in [-0.25, -0.2) is 0 Å². The van der Waals surface area contributed by atoms with Crippen molar-refractivity contribution in [2.24, 2.45) is 5.41 Å². The van der Waals surface area contributed by atoms with Crippen LogP contribution in [0.2, 0.25) is 5.02 Å². The van der Waals surface area contributed by atoms with Crippen LogP contribution in [-0.4, -0.2) is 15.5 Å². The molecule has 1 heterocycles. The predicted molar refractivity (Wildman–Crippen MR) is 57.5 cm³/mol. The average Bonchev–Trinajstić information content (AvgIpc) is 2.85. The summed E-state index contributed by atoms with van der Waals surface area (Å²) >= 11 is 10.3. The molecule has 2 nitrogen and oxygen atoms in total. The van der Waals surface area contributed by atoms with E-state index in [2.05, 4.69) is 17.7 Å². The summed E-state index contributed by atoms with van der Waals surface area (Å²) in [6, 6.07) is 0. The van der Waals surface area contributed by atoms with Gasteiger partial charge in [0.25, 0.3) is 0 Å². The van der Waals surface area contributed by atoms with Gasteiger partial charge in [0.05, 0.1) is 16.9 Å². The molecular weight excluding hydrogens is 204 g/mol. The molecule has 0 N–H and O–H groups in total. The Morgan fingerprint density at radius 2 is 2.38 bits per heavy atom. The third-order valence-electron chi connectivity index (χ3n) is 2.82. The van der Waals surface area contributed by atoms with Crippen LogP contribution in [0.15, 0.2) is 6.20 Å². The van der Waals surface area contributed by atoms with E-state index in [9.17, 15) is 0 Å². The molecule has 72 valence electrons. The molecular formula is C9H13ClN2S. The second-order valence-corrected chi connectivity index (χ2v) is 4.62. The van der Waals surface area contributed by atoms with Crippen LogP contribution in [0, 0.1) is 12.3 Å². The fourth-order valence-corrected chi connectivity index (χ4v) is 2.00. The quantitative estimate of drug-likeness (QED) is 0.769. The van der Waals surface area contributed by atoms with Gasteiger partial charge in [-0.3, -0.25) is 4.68 Å². The van der Waals surface area contributed by atoms with E-state index in [0.717, 1.165) is 23.0 Å². The second kappa shape index (κ2) is 3.21. The van der Waals surface area contributed by atoms with Crippen LogP contribution in [0.3, 0.4) is 0 Å². The molecule has 0 saturated heterocycles. The smallest absolute Gasteiger partial charge is 0.0814 e. The molecule has 0 radical (unpaired) electrons. The molecule has 2 rings (SSSR count). The van der Waals surface area contributed by atoms with E-state index < -0.39 is 0 Å². The van der Waals surface area contributed by atoms with Crippen molar-refractivity contribution in [3.63, 3.8) is 0 Å². The first-order chi connectivity index (χ1) is 6.17. The molecule has 0 aromatic carbocycles. The van der Waals surface area contributed by atoms with E-state index in [1.807, 2.05) is 11.6 Å². The maximum Gasteiger partial charge on any atom is 0.0814 e. The standard InChI is InChI=1S/C9H13ClN2S/c1-7-8(10)4-11-12(7)5-9(6-13)2-3-9/h4,13H,2-3,5-6H2,1H3. The zero-order valence-electron chi connectivity index (χ0n) is 7.63. The van der Waals surface area contributed by atoms with Crippen LogP contribution in [0.5, 0.6) is 0 Å². The van der Waals surface area contributed by atoms with Crippen molar-refractivity contribution in [1.82, 2.24) is 9.78 Å². The first-order valence-electron chi connectivity index (χ1n) is 4.46. The Bertz CT molecular complexity index is 317. The number of nitrogens with zero attached hydrogens (tertiary/aromatic N) is 2. The number of rotatable bonds is 3. The van der Waals surface area contributed by atoms with Crippen molar-refractivity contribution in [2.75, 3.05) is 5.75 Å². The molecule has 1 aromatic rings. The van der Waals surface area contributed by atoms with Crippen LogP contribution in [0.4, 0.5) is 0 Å². The first-order valence-corrected chi connectivity index (χ1v) is 5.47. The SMILES string of the molecule is Cc1c(Cl)cnn1CC1(CS)CC1. The summed E-state index contributed by atoms with van der Waals surface area (Å²) in [7, 11) is 0. The lowest BCUT2D eigenvalue weighted by Gasteiger charge is -2.12. The van der Waals surface area contributed by atoms with Gasteiger partial charge in [-0.2, -0.15) is 17.7 Å². The minimum Gasteiger partial charge on any atom is -0.268 e. The van der Waals surface area contributed by atoms with E-state index in [-0.39, 0.29) is 0 Å². The molecule has 0 spiro atoms. The van der Waals surface area contributed by atoms with Gasteiger partial charge < -0.3 is 0 Å². The number of thiol groups is 1. The molecule has 1 aliphatic rings. The van der Waals surface area contributed by atoms with Crippen LogP contribution >= 0.6 is 24.2 Å². The highest BCUT2D eigenvalue weighted by Crippen LogP contribution is 2.48. The van der Waals surface area contributed by atoms with E-state index in [1.54, 1.807) is 6.20 Å². The summed E-state index contributed by atoms with van der Waals surface area (Å²) in [6.07, 6.45) is 4.26. The normalized spacial score (nSPS) is 19.0. The molecule has 0 aliphatic heterocycles. The average molecular weight is 217 g/mol. The van der Waals surface area contributed by atoms with E-state index in [1.165, 1.54) is 12.8 Å². The maximum atomic E-state index is 5.92. The highest BCUT2D eigenvalue weighted by molar-refractivity contribution is 7.80. The summed E-state index contributed by atoms with van der Waals surface area (Å²) in [6.45, 7) is 2.97. The number of halogens is 1. The molecule has 0 bridgehead atoms. The van der Waals surface area contributed by atoms with Gasteiger partial charge in [0.15, 0.2) is 0 Å². The summed E-state index contributed by atoms with van der Waals surface area (Å²) in [5.74, 6) is 0.948. The molecule has 1 aliphatic carbocycles. The third kappa shape index (κ3) is 1.72. The van der Waals surface area contributed by atoms with Gasteiger partial charge >= 0.3 is 0 Å². The minimum absolute atomic E-state index is 0.406. The van der Waals surface area contributed by atoms with Crippen LogP contribution in [0.1, 0.15) is 18.5 Å². The van der Waals surface area contributed by atoms with Crippen molar-refractivity contribution in [3.05, 3.63) is 16.9 Å². The fourth-order valence-electron chi connectivity index (χ4n) is 1.44. The Balaban J connectivity index is 2.14. The molecule has 13 heavy (non-hydrogen) atoms. The largest absolute Gasteiger partial charge is 0.268 e. The summed E-state index contributed by atoms with van der Waals surface area (Å²) in [5, 5.41) is 5.00. The van der Waals surface area contributed by atoms with Crippen molar-refractivity contribution in [3.8, 4) is 0 Å². The number of aromatic nitrogens is 2. The number of hydrogen-bond acceptors (Lipinski definition) is 2. The molecule has 1 aromatic heterocycles. The summed E-state index contributed by atoms with van der Waals surface area (Å²) < 4.78 is 1.99. The Morgan fingerprint density at radius 1 is 1.69 bits per heavy atom. The van der Waals surface area contributed by atoms with Crippen LogP contribution < -0.4 is 0 Å². The summed E-state index contributed by atoms with van der Waals surface area (Å²) in [4.78, 5) is 0.